The zero-order valence-electron chi connectivity index (χ0n) is 16.0. The van der Waals surface area contributed by atoms with E-state index in [1.165, 1.54) is 12.1 Å². The molecular formula is C20H25NO6S. The quantitative estimate of drug-likeness (QED) is 0.479. The first-order valence-corrected chi connectivity index (χ1v) is 10.3. The number of rotatable bonds is 10. The highest BCUT2D eigenvalue weighted by Gasteiger charge is 2.14. The standard InChI is InChI=1S/C20H25NO6S/c1-16-5-11-19(12-6-16)28(23,24)27-14-4-3-13-21-20(22)26-15-17-7-9-18(25-2)10-8-17/h5-12H,3-4,13-15H2,1-2H3,(H,21,22). The van der Waals surface area contributed by atoms with Gasteiger partial charge in [-0.25, -0.2) is 4.79 Å². The van der Waals surface area contributed by atoms with Crippen molar-refractivity contribution in [2.75, 3.05) is 20.3 Å². The van der Waals surface area contributed by atoms with Crippen LogP contribution in [0.2, 0.25) is 0 Å². The second-order valence-electron chi connectivity index (χ2n) is 6.15. The number of hydrogen-bond donors (Lipinski definition) is 1. The average Bonchev–Trinajstić information content (AvgIpc) is 2.69. The van der Waals surface area contributed by atoms with Crippen LogP contribution in [-0.2, 0) is 25.6 Å². The molecule has 0 aliphatic heterocycles. The van der Waals surface area contributed by atoms with E-state index in [1.807, 2.05) is 19.1 Å². The van der Waals surface area contributed by atoms with Crippen LogP contribution in [0.4, 0.5) is 4.79 Å². The number of benzene rings is 2. The molecule has 0 aliphatic carbocycles. The highest BCUT2D eigenvalue weighted by atomic mass is 32.2. The Morgan fingerprint density at radius 3 is 2.32 bits per heavy atom. The molecule has 7 nitrogen and oxygen atoms in total. The Labute approximate surface area is 165 Å². The number of nitrogens with one attached hydrogen (secondary N) is 1. The van der Waals surface area contributed by atoms with E-state index in [2.05, 4.69) is 5.32 Å². The summed E-state index contributed by atoms with van der Waals surface area (Å²) in [6.07, 6.45) is 0.536. The molecule has 0 heterocycles. The Bertz CT molecular complexity index is 847. The predicted molar refractivity (Wildman–Crippen MR) is 105 cm³/mol. The van der Waals surface area contributed by atoms with Crippen LogP contribution < -0.4 is 10.1 Å². The summed E-state index contributed by atoms with van der Waals surface area (Å²) in [5.41, 5.74) is 1.83. The summed E-state index contributed by atoms with van der Waals surface area (Å²) in [6.45, 7) is 2.47. The summed E-state index contributed by atoms with van der Waals surface area (Å²) in [5.74, 6) is 0.736. The lowest BCUT2D eigenvalue weighted by Gasteiger charge is -2.08. The SMILES string of the molecule is COc1ccc(COC(=O)NCCCCOS(=O)(=O)c2ccc(C)cc2)cc1. The van der Waals surface area contributed by atoms with Crippen LogP contribution in [0, 0.1) is 6.92 Å². The molecule has 0 saturated heterocycles. The number of amides is 1. The van der Waals surface area contributed by atoms with Crippen molar-refractivity contribution in [3.05, 3.63) is 59.7 Å². The minimum absolute atomic E-state index is 0.0544. The van der Waals surface area contributed by atoms with Gasteiger partial charge in [0.2, 0.25) is 0 Å². The van der Waals surface area contributed by atoms with E-state index in [1.54, 1.807) is 31.4 Å². The summed E-state index contributed by atoms with van der Waals surface area (Å²) >= 11 is 0. The zero-order valence-corrected chi connectivity index (χ0v) is 16.8. The van der Waals surface area contributed by atoms with Crippen molar-refractivity contribution in [2.24, 2.45) is 0 Å². The van der Waals surface area contributed by atoms with Crippen LogP contribution in [0.25, 0.3) is 0 Å². The molecule has 0 aromatic heterocycles. The van der Waals surface area contributed by atoms with E-state index < -0.39 is 16.2 Å². The first-order chi connectivity index (χ1) is 13.4. The van der Waals surface area contributed by atoms with Crippen LogP contribution in [-0.4, -0.2) is 34.8 Å². The molecule has 0 bridgehead atoms. The minimum Gasteiger partial charge on any atom is -0.497 e. The van der Waals surface area contributed by atoms with Crippen LogP contribution >= 0.6 is 0 Å². The smallest absolute Gasteiger partial charge is 0.407 e. The van der Waals surface area contributed by atoms with Crippen molar-refractivity contribution in [2.45, 2.75) is 31.3 Å². The van der Waals surface area contributed by atoms with Gasteiger partial charge in [-0.2, -0.15) is 8.42 Å². The molecule has 2 aromatic carbocycles. The van der Waals surface area contributed by atoms with Crippen LogP contribution in [0.1, 0.15) is 24.0 Å². The van der Waals surface area contributed by atoms with E-state index >= 15 is 0 Å². The van der Waals surface area contributed by atoms with E-state index in [-0.39, 0.29) is 18.1 Å². The van der Waals surface area contributed by atoms with Crippen molar-refractivity contribution in [1.82, 2.24) is 5.32 Å². The normalized spacial score (nSPS) is 11.1. The number of hydrogen-bond acceptors (Lipinski definition) is 6. The van der Waals surface area contributed by atoms with E-state index in [0.29, 0.717) is 19.4 Å². The van der Waals surface area contributed by atoms with Gasteiger partial charge in [0.05, 0.1) is 18.6 Å². The van der Waals surface area contributed by atoms with Gasteiger partial charge in [0.15, 0.2) is 0 Å². The number of alkyl carbamates (subject to hydrolysis) is 1. The van der Waals surface area contributed by atoms with Gasteiger partial charge in [-0.1, -0.05) is 29.8 Å². The first kappa shape index (κ1) is 21.7. The molecule has 0 spiro atoms. The van der Waals surface area contributed by atoms with E-state index in [9.17, 15) is 13.2 Å². The molecule has 1 amide bonds. The molecule has 0 unspecified atom stereocenters. The summed E-state index contributed by atoms with van der Waals surface area (Å²) in [4.78, 5) is 11.8. The molecule has 2 rings (SSSR count). The van der Waals surface area contributed by atoms with Crippen LogP contribution in [0.5, 0.6) is 5.75 Å². The summed E-state index contributed by atoms with van der Waals surface area (Å²) in [7, 11) is -2.16. The van der Waals surface area contributed by atoms with Crippen LogP contribution in [0.15, 0.2) is 53.4 Å². The molecule has 1 N–H and O–H groups in total. The molecule has 0 radical (unpaired) electrons. The summed E-state index contributed by atoms with van der Waals surface area (Å²) in [6, 6.07) is 13.7. The molecular weight excluding hydrogens is 382 g/mol. The predicted octanol–water partition coefficient (Wildman–Crippen LogP) is 3.42. The van der Waals surface area contributed by atoms with Crippen molar-refractivity contribution in [3.8, 4) is 5.75 Å². The molecule has 28 heavy (non-hydrogen) atoms. The van der Waals surface area contributed by atoms with Crippen molar-refractivity contribution >= 4 is 16.2 Å². The number of methoxy groups -OCH3 is 1. The lowest BCUT2D eigenvalue weighted by Crippen LogP contribution is -2.25. The third-order valence-electron chi connectivity index (χ3n) is 3.92. The Balaban J connectivity index is 1.59. The first-order valence-electron chi connectivity index (χ1n) is 8.90. The maximum absolute atomic E-state index is 12.0. The summed E-state index contributed by atoms with van der Waals surface area (Å²) < 4.78 is 39.2. The largest absolute Gasteiger partial charge is 0.497 e. The zero-order chi connectivity index (χ0) is 20.4. The maximum Gasteiger partial charge on any atom is 0.407 e. The number of carbonyl (C=O) groups is 1. The molecule has 152 valence electrons. The molecule has 0 saturated carbocycles. The van der Waals surface area contributed by atoms with Gasteiger partial charge in [0, 0.05) is 6.54 Å². The topological polar surface area (TPSA) is 90.9 Å². The van der Waals surface area contributed by atoms with Gasteiger partial charge in [-0.3, -0.25) is 4.18 Å². The highest BCUT2D eigenvalue weighted by molar-refractivity contribution is 7.86. The Hall–Kier alpha value is -2.58. The second-order valence-corrected chi connectivity index (χ2v) is 7.76. The molecule has 0 aliphatic rings. The monoisotopic (exact) mass is 407 g/mol. The molecule has 2 aromatic rings. The fourth-order valence-electron chi connectivity index (χ4n) is 2.28. The van der Waals surface area contributed by atoms with Gasteiger partial charge in [0.25, 0.3) is 10.1 Å². The van der Waals surface area contributed by atoms with Gasteiger partial charge in [-0.05, 0) is 49.6 Å². The van der Waals surface area contributed by atoms with E-state index in [4.69, 9.17) is 13.7 Å². The lowest BCUT2D eigenvalue weighted by atomic mass is 10.2. The van der Waals surface area contributed by atoms with Crippen molar-refractivity contribution < 1.29 is 26.9 Å². The van der Waals surface area contributed by atoms with Gasteiger partial charge < -0.3 is 14.8 Å². The van der Waals surface area contributed by atoms with Crippen LogP contribution in [0.3, 0.4) is 0 Å². The lowest BCUT2D eigenvalue weighted by molar-refractivity contribution is 0.139. The third kappa shape index (κ3) is 7.21. The molecule has 0 atom stereocenters. The van der Waals surface area contributed by atoms with E-state index in [0.717, 1.165) is 16.9 Å². The van der Waals surface area contributed by atoms with Crippen molar-refractivity contribution in [3.63, 3.8) is 0 Å². The average molecular weight is 407 g/mol. The Morgan fingerprint density at radius 1 is 1.00 bits per heavy atom. The maximum atomic E-state index is 12.0. The number of aryl methyl sites for hydroxylation is 1. The van der Waals surface area contributed by atoms with Gasteiger partial charge >= 0.3 is 6.09 Å². The van der Waals surface area contributed by atoms with Crippen molar-refractivity contribution in [1.29, 1.82) is 0 Å². The minimum atomic E-state index is -3.75. The van der Waals surface area contributed by atoms with Gasteiger partial charge in [0.1, 0.15) is 12.4 Å². The Morgan fingerprint density at radius 2 is 1.68 bits per heavy atom. The third-order valence-corrected chi connectivity index (χ3v) is 5.24. The second kappa shape index (κ2) is 10.7. The Kier molecular flexibility index (Phi) is 8.28. The number of carbonyl (C=O) groups excluding carboxylic acids is 1. The fraction of sp³-hybridized carbons (Fsp3) is 0.350. The fourth-order valence-corrected chi connectivity index (χ4v) is 3.22. The molecule has 0 fully saturated rings. The number of unbranched alkanes of at least 4 members (excludes halogenated alkanes) is 1. The molecule has 8 heteroatoms. The van der Waals surface area contributed by atoms with Gasteiger partial charge in [-0.15, -0.1) is 0 Å². The summed E-state index contributed by atoms with van der Waals surface area (Å²) in [5, 5.41) is 2.62. The highest BCUT2D eigenvalue weighted by Crippen LogP contribution is 2.14. The number of ether oxygens (including phenoxy) is 2.